The number of para-hydroxylation sites is 1. The molecule has 2 atom stereocenters. The number of hydrogen-bond donors (Lipinski definition) is 1. The number of benzene rings is 2. The number of allylic oxidation sites excluding steroid dienone is 2. The summed E-state index contributed by atoms with van der Waals surface area (Å²) in [6.45, 7) is 1.30. The van der Waals surface area contributed by atoms with Gasteiger partial charge in [-0.25, -0.2) is 0 Å². The van der Waals surface area contributed by atoms with Crippen LogP contribution in [-0.2, 0) is 0 Å². The fourth-order valence-electron chi connectivity index (χ4n) is 4.60. The maximum Gasteiger partial charge on any atom is 0.191 e. The fraction of sp³-hybridized carbons (Fsp3) is 0.240. The molecule has 6 nitrogen and oxygen atoms in total. The highest BCUT2D eigenvalue weighted by Crippen LogP contribution is 2.54. The lowest BCUT2D eigenvalue weighted by Gasteiger charge is -2.45. The van der Waals surface area contributed by atoms with E-state index in [2.05, 4.69) is 23.1 Å². The Hall–Kier alpha value is -4.05. The minimum absolute atomic E-state index is 0.0337. The molecule has 6 heteroatoms. The van der Waals surface area contributed by atoms with Crippen LogP contribution in [0.5, 0.6) is 11.5 Å². The van der Waals surface area contributed by atoms with Gasteiger partial charge in [0.15, 0.2) is 5.41 Å². The van der Waals surface area contributed by atoms with Gasteiger partial charge in [0.1, 0.15) is 17.6 Å². The highest BCUT2D eigenvalue weighted by molar-refractivity contribution is 5.59. The molecule has 0 unspecified atom stereocenters. The minimum atomic E-state index is -1.64. The second-order valence-electron chi connectivity index (χ2n) is 7.88. The van der Waals surface area contributed by atoms with Gasteiger partial charge in [-0.2, -0.15) is 15.8 Å². The standard InChI is InChI=1S/C25H21N5O/c1-30-11-10-20-21(13-26)24(29)25(15-27,16-28)23(22(20)14-30)17-6-5-9-19(12-17)31-18-7-3-2-4-8-18/h2-10,12,22-23H,11,14,29H2,1H3/t22-,23+/m1/s1. The molecule has 0 radical (unpaired) electrons. The van der Waals surface area contributed by atoms with Gasteiger partial charge in [-0.1, -0.05) is 36.4 Å². The molecule has 2 aromatic carbocycles. The lowest BCUT2D eigenvalue weighted by molar-refractivity contribution is 0.237. The predicted octanol–water partition coefficient (Wildman–Crippen LogP) is 3.83. The van der Waals surface area contributed by atoms with Crippen molar-refractivity contribution < 1.29 is 4.74 Å². The molecule has 2 aromatic rings. The Kier molecular flexibility index (Phi) is 5.22. The smallest absolute Gasteiger partial charge is 0.191 e. The first-order valence-corrected chi connectivity index (χ1v) is 9.98. The minimum Gasteiger partial charge on any atom is -0.457 e. The van der Waals surface area contributed by atoms with E-state index in [4.69, 9.17) is 10.5 Å². The number of nitrogens with zero attached hydrogens (tertiary/aromatic N) is 4. The van der Waals surface area contributed by atoms with Crippen molar-refractivity contribution in [2.45, 2.75) is 5.92 Å². The number of fused-ring (bicyclic) bond motifs is 1. The van der Waals surface area contributed by atoms with E-state index in [9.17, 15) is 15.8 Å². The topological polar surface area (TPSA) is 110 Å². The van der Waals surface area contributed by atoms with E-state index in [1.807, 2.05) is 67.7 Å². The van der Waals surface area contributed by atoms with Gasteiger partial charge in [0.25, 0.3) is 0 Å². The van der Waals surface area contributed by atoms with Crippen LogP contribution in [0.3, 0.4) is 0 Å². The Morgan fingerprint density at radius 3 is 2.42 bits per heavy atom. The first-order chi connectivity index (χ1) is 15.0. The van der Waals surface area contributed by atoms with E-state index >= 15 is 0 Å². The summed E-state index contributed by atoms with van der Waals surface area (Å²) in [4.78, 5) is 2.11. The first kappa shape index (κ1) is 20.2. The summed E-state index contributed by atoms with van der Waals surface area (Å²) in [5.74, 6) is 0.552. The van der Waals surface area contributed by atoms with Crippen molar-refractivity contribution in [2.24, 2.45) is 17.1 Å². The normalized spacial score (nSPS) is 22.3. The van der Waals surface area contributed by atoms with Crippen LogP contribution in [0.4, 0.5) is 0 Å². The molecule has 2 N–H and O–H groups in total. The quantitative estimate of drug-likeness (QED) is 0.828. The van der Waals surface area contributed by atoms with Crippen LogP contribution in [0, 0.1) is 45.3 Å². The molecule has 0 aromatic heterocycles. The van der Waals surface area contributed by atoms with Crippen LogP contribution in [0.1, 0.15) is 11.5 Å². The highest BCUT2D eigenvalue weighted by atomic mass is 16.5. The molecule has 1 heterocycles. The third kappa shape index (κ3) is 3.32. The largest absolute Gasteiger partial charge is 0.457 e. The SMILES string of the molecule is CN1CC=C2C(C#N)=C(N)C(C#N)(C#N)[C@@H](c3cccc(Oc4ccccc4)c3)[C@@H]2C1. The number of likely N-dealkylation sites (N-methyl/N-ethyl adjacent to an activating group) is 1. The number of rotatable bonds is 3. The number of ether oxygens (including phenoxy) is 1. The van der Waals surface area contributed by atoms with Gasteiger partial charge in [-0.3, -0.25) is 0 Å². The molecule has 1 aliphatic heterocycles. The van der Waals surface area contributed by atoms with Crippen LogP contribution in [0.15, 0.2) is 77.5 Å². The monoisotopic (exact) mass is 407 g/mol. The lowest BCUT2D eigenvalue weighted by Crippen LogP contribution is -2.47. The van der Waals surface area contributed by atoms with E-state index in [-0.39, 0.29) is 17.2 Å². The Bertz CT molecular complexity index is 1180. The van der Waals surface area contributed by atoms with Crippen LogP contribution in [0.25, 0.3) is 0 Å². The zero-order chi connectivity index (χ0) is 22.0. The Morgan fingerprint density at radius 2 is 1.74 bits per heavy atom. The summed E-state index contributed by atoms with van der Waals surface area (Å²) in [6.07, 6.45) is 1.98. The second-order valence-corrected chi connectivity index (χ2v) is 7.88. The van der Waals surface area contributed by atoms with Crippen LogP contribution >= 0.6 is 0 Å². The summed E-state index contributed by atoms with van der Waals surface area (Å²) in [7, 11) is 1.98. The summed E-state index contributed by atoms with van der Waals surface area (Å²) in [5.41, 5.74) is 6.60. The van der Waals surface area contributed by atoms with Crippen molar-refractivity contribution in [2.75, 3.05) is 20.1 Å². The maximum atomic E-state index is 10.2. The molecule has 152 valence electrons. The average molecular weight is 407 g/mol. The second kappa shape index (κ2) is 8.00. The molecule has 2 aliphatic rings. The molecule has 0 amide bonds. The van der Waals surface area contributed by atoms with Gasteiger partial charge in [0.2, 0.25) is 0 Å². The number of hydrogen-bond acceptors (Lipinski definition) is 6. The predicted molar refractivity (Wildman–Crippen MR) is 115 cm³/mol. The zero-order valence-corrected chi connectivity index (χ0v) is 17.1. The summed E-state index contributed by atoms with van der Waals surface area (Å²) >= 11 is 0. The number of nitrogens with two attached hydrogens (primary N) is 1. The third-order valence-electron chi connectivity index (χ3n) is 6.04. The first-order valence-electron chi connectivity index (χ1n) is 9.98. The maximum absolute atomic E-state index is 10.2. The lowest BCUT2D eigenvalue weighted by atomic mass is 9.58. The van der Waals surface area contributed by atoms with Crippen molar-refractivity contribution in [3.05, 3.63) is 83.1 Å². The van der Waals surface area contributed by atoms with Crippen molar-refractivity contribution in [1.29, 1.82) is 15.8 Å². The Labute approximate surface area is 181 Å². The van der Waals surface area contributed by atoms with E-state index in [1.165, 1.54) is 0 Å². The summed E-state index contributed by atoms with van der Waals surface area (Å²) in [6, 6.07) is 23.3. The van der Waals surface area contributed by atoms with Gasteiger partial charge >= 0.3 is 0 Å². The average Bonchev–Trinajstić information content (AvgIpc) is 2.79. The van der Waals surface area contributed by atoms with Crippen LogP contribution in [0.2, 0.25) is 0 Å². The number of nitriles is 3. The summed E-state index contributed by atoms with van der Waals surface area (Å²) < 4.78 is 5.99. The van der Waals surface area contributed by atoms with Crippen molar-refractivity contribution in [3.8, 4) is 29.7 Å². The van der Waals surface area contributed by atoms with E-state index in [0.717, 1.165) is 11.1 Å². The third-order valence-corrected chi connectivity index (χ3v) is 6.04. The van der Waals surface area contributed by atoms with Crippen molar-refractivity contribution in [3.63, 3.8) is 0 Å². The van der Waals surface area contributed by atoms with Gasteiger partial charge in [0.05, 0.1) is 23.4 Å². The molecule has 0 fully saturated rings. The fourth-order valence-corrected chi connectivity index (χ4v) is 4.60. The molecular weight excluding hydrogens is 386 g/mol. The molecule has 0 saturated heterocycles. The zero-order valence-electron chi connectivity index (χ0n) is 17.1. The van der Waals surface area contributed by atoms with Crippen molar-refractivity contribution >= 4 is 0 Å². The molecular formula is C25H21N5O. The highest BCUT2D eigenvalue weighted by Gasteiger charge is 2.54. The van der Waals surface area contributed by atoms with Gasteiger partial charge in [0, 0.05) is 24.9 Å². The van der Waals surface area contributed by atoms with E-state index < -0.39 is 11.3 Å². The molecule has 4 rings (SSSR count). The molecule has 1 aliphatic carbocycles. The molecule has 0 saturated carbocycles. The Balaban J connectivity index is 1.87. The Morgan fingerprint density at radius 1 is 1.03 bits per heavy atom. The van der Waals surface area contributed by atoms with Gasteiger partial charge in [-0.05, 0) is 42.4 Å². The molecule has 31 heavy (non-hydrogen) atoms. The molecule has 0 bridgehead atoms. The van der Waals surface area contributed by atoms with Crippen LogP contribution < -0.4 is 10.5 Å². The van der Waals surface area contributed by atoms with Gasteiger partial charge in [-0.15, -0.1) is 0 Å². The molecule has 0 spiro atoms. The van der Waals surface area contributed by atoms with E-state index in [1.54, 1.807) is 0 Å². The summed E-state index contributed by atoms with van der Waals surface area (Å²) in [5, 5.41) is 30.1. The van der Waals surface area contributed by atoms with E-state index in [0.29, 0.717) is 24.6 Å². The van der Waals surface area contributed by atoms with Crippen molar-refractivity contribution in [1.82, 2.24) is 4.90 Å². The van der Waals surface area contributed by atoms with Gasteiger partial charge < -0.3 is 15.4 Å². The van der Waals surface area contributed by atoms with Crippen LogP contribution in [-0.4, -0.2) is 25.0 Å².